The predicted molar refractivity (Wildman–Crippen MR) is 111 cm³/mol. The molecule has 0 atom stereocenters. The number of hydrogen-bond donors (Lipinski definition) is 0. The van der Waals surface area contributed by atoms with Crippen molar-refractivity contribution in [2.75, 3.05) is 0 Å². The standard InChI is InChI=1S/2C9H7.C3H6.CHF3O3S.Zr/c2*1-2-5-9-7-3-6-8(9)4-1;1-3-2;2-1(3,4)8(5,6)7;/h2*1-7H;1-2H3;(H,5,6,7);/q2*-1;;;/p-1. The van der Waals surface area contributed by atoms with Crippen LogP contribution in [0.2, 0.25) is 0 Å². The topological polar surface area (TPSA) is 57.2 Å². The number of benzene rings is 2. The summed E-state index contributed by atoms with van der Waals surface area (Å²) in [6.07, 6.45) is 0. The van der Waals surface area contributed by atoms with Gasteiger partial charge in [-0.1, -0.05) is 12.1 Å². The Hall–Kier alpha value is -1.89. The minimum Gasteiger partial charge on any atom is -0.741 e. The molecular weight excluding hydrogens is 493 g/mol. The molecule has 3 nitrogen and oxygen atoms in total. The van der Waals surface area contributed by atoms with Crippen LogP contribution >= 0.6 is 0 Å². The molecule has 4 aromatic rings. The van der Waals surface area contributed by atoms with E-state index in [9.17, 15) is 13.2 Å². The van der Waals surface area contributed by atoms with Crippen LogP contribution in [-0.2, 0) is 34.4 Å². The van der Waals surface area contributed by atoms with E-state index in [0.717, 1.165) is 0 Å². The number of hydrogen-bond acceptors (Lipinski definition) is 3. The number of halogens is 3. The van der Waals surface area contributed by atoms with Crippen molar-refractivity contribution < 1.29 is 50.4 Å². The van der Waals surface area contributed by atoms with Crippen molar-refractivity contribution in [2.24, 2.45) is 0 Å². The molecule has 160 valence electrons. The Morgan fingerprint density at radius 2 is 1.13 bits per heavy atom. The van der Waals surface area contributed by atoms with Gasteiger partial charge in [0.25, 0.3) is 0 Å². The molecule has 8 heteroatoms. The average molecular weight is 513 g/mol. The van der Waals surface area contributed by atoms with Gasteiger partial charge in [-0.25, -0.2) is 8.42 Å². The Labute approximate surface area is 188 Å². The van der Waals surface area contributed by atoms with Gasteiger partial charge in [-0.15, -0.1) is 59.3 Å². The Morgan fingerprint density at radius 3 is 1.40 bits per heavy atom. The molecule has 0 amide bonds. The Balaban J connectivity index is 0.000000208. The second-order valence-corrected chi connectivity index (χ2v) is 10.0. The third kappa shape index (κ3) is 9.74. The summed E-state index contributed by atoms with van der Waals surface area (Å²) in [5.74, 6) is 0. The first-order valence-electron chi connectivity index (χ1n) is 8.66. The summed E-state index contributed by atoms with van der Waals surface area (Å²) in [7, 11) is -6.09. The molecule has 0 aliphatic carbocycles. The van der Waals surface area contributed by atoms with Crippen LogP contribution in [0.15, 0.2) is 84.9 Å². The van der Waals surface area contributed by atoms with Gasteiger partial charge in [0.2, 0.25) is 0 Å². The van der Waals surface area contributed by atoms with E-state index < -0.39 is 15.6 Å². The van der Waals surface area contributed by atoms with Gasteiger partial charge in [0.1, 0.15) is 0 Å². The molecular formula is C22H20F3O3SZr-3. The Kier molecular flexibility index (Phi) is 10.5. The molecule has 0 heterocycles. The van der Waals surface area contributed by atoms with E-state index in [-0.39, 0.29) is 0 Å². The molecule has 0 aliphatic rings. The fraction of sp³-hybridized carbons (Fsp3) is 0.136. The third-order valence-electron chi connectivity index (χ3n) is 3.38. The fourth-order valence-electron chi connectivity index (χ4n) is 2.14. The van der Waals surface area contributed by atoms with Crippen molar-refractivity contribution >= 4 is 34.9 Å². The maximum absolute atomic E-state index is 10.7. The van der Waals surface area contributed by atoms with Gasteiger partial charge >= 0.3 is 46.8 Å². The van der Waals surface area contributed by atoms with Crippen molar-refractivity contribution in [3.05, 3.63) is 84.9 Å². The number of fused-ring (bicyclic) bond motifs is 2. The van der Waals surface area contributed by atoms with E-state index in [4.69, 9.17) is 13.0 Å². The van der Waals surface area contributed by atoms with Crippen molar-refractivity contribution in [3.63, 3.8) is 0 Å². The van der Waals surface area contributed by atoms with E-state index in [0.29, 0.717) is 0 Å². The number of rotatable bonds is 0. The zero-order valence-electron chi connectivity index (χ0n) is 16.3. The molecule has 4 aromatic carbocycles. The smallest absolute Gasteiger partial charge is 0.485 e. The molecule has 0 saturated heterocycles. The molecule has 0 bridgehead atoms. The van der Waals surface area contributed by atoms with Crippen molar-refractivity contribution in [1.29, 1.82) is 0 Å². The molecule has 4 rings (SSSR count). The monoisotopic (exact) mass is 511 g/mol. The Morgan fingerprint density at radius 1 is 0.833 bits per heavy atom. The minimum absolute atomic E-state index is 1.33. The van der Waals surface area contributed by atoms with Gasteiger partial charge in [0.15, 0.2) is 10.1 Å². The van der Waals surface area contributed by atoms with Crippen LogP contribution in [0.3, 0.4) is 0 Å². The van der Waals surface area contributed by atoms with Gasteiger partial charge in [-0.05, 0) is 0 Å². The maximum atomic E-state index is 10.7. The first-order valence-corrected chi connectivity index (χ1v) is 11.3. The molecule has 0 N–H and O–H groups in total. The SMILES string of the molecule is C[C](C)=[Zr].O=S(=O)([O-])C(F)(F)F.c1ccc2[cH-]ccc2c1.c1ccc2[cH-]ccc2c1. The summed E-state index contributed by atoms with van der Waals surface area (Å²) in [5, 5.41) is 5.32. The summed E-state index contributed by atoms with van der Waals surface area (Å²) >= 11 is 1.55. The molecule has 0 spiro atoms. The van der Waals surface area contributed by atoms with E-state index in [1.807, 2.05) is 0 Å². The van der Waals surface area contributed by atoms with E-state index in [1.54, 1.807) is 24.2 Å². The minimum atomic E-state index is -6.09. The molecule has 0 unspecified atom stereocenters. The zero-order chi connectivity index (χ0) is 22.8. The second kappa shape index (κ2) is 12.1. The molecule has 0 radical (unpaired) electrons. The first kappa shape index (κ1) is 26.1. The molecule has 0 aromatic heterocycles. The van der Waals surface area contributed by atoms with Crippen LogP contribution in [0.5, 0.6) is 0 Å². The van der Waals surface area contributed by atoms with Gasteiger partial charge in [0, 0.05) is 0 Å². The summed E-state index contributed by atoms with van der Waals surface area (Å²) in [6, 6.07) is 29.3. The Bertz CT molecular complexity index is 1030. The third-order valence-corrected chi connectivity index (χ3v) is 3.95. The van der Waals surface area contributed by atoms with Crippen LogP contribution in [0.25, 0.3) is 21.5 Å². The van der Waals surface area contributed by atoms with Crippen LogP contribution in [0.1, 0.15) is 13.8 Å². The van der Waals surface area contributed by atoms with Crippen LogP contribution in [0.4, 0.5) is 13.2 Å². The summed E-state index contributed by atoms with van der Waals surface area (Å²) < 4.78 is 60.4. The van der Waals surface area contributed by atoms with Gasteiger partial charge in [-0.2, -0.15) is 48.2 Å². The van der Waals surface area contributed by atoms with Crippen molar-refractivity contribution in [3.8, 4) is 0 Å². The van der Waals surface area contributed by atoms with Gasteiger partial charge < -0.3 is 4.55 Å². The number of alkyl halides is 3. The first-order chi connectivity index (χ1) is 13.9. The quantitative estimate of drug-likeness (QED) is 0.167. The maximum Gasteiger partial charge on any atom is 0.485 e. The summed E-state index contributed by atoms with van der Waals surface area (Å²) in [6.45, 7) is 4.25. The van der Waals surface area contributed by atoms with E-state index >= 15 is 0 Å². The second-order valence-electron chi connectivity index (χ2n) is 6.21. The van der Waals surface area contributed by atoms with Crippen LogP contribution in [0, 0.1) is 0 Å². The molecule has 0 saturated carbocycles. The predicted octanol–water partition coefficient (Wildman–Crippen LogP) is 5.91. The zero-order valence-corrected chi connectivity index (χ0v) is 19.6. The van der Waals surface area contributed by atoms with E-state index in [2.05, 4.69) is 98.8 Å². The van der Waals surface area contributed by atoms with Gasteiger partial charge in [0.05, 0.1) is 0 Å². The summed E-state index contributed by atoms with van der Waals surface area (Å²) in [5.41, 5.74) is -5.65. The largest absolute Gasteiger partial charge is 0.741 e. The fourth-order valence-corrected chi connectivity index (χ4v) is 2.14. The average Bonchev–Trinajstić information content (AvgIpc) is 3.30. The van der Waals surface area contributed by atoms with Gasteiger partial charge in [-0.3, -0.25) is 0 Å². The van der Waals surface area contributed by atoms with Crippen LogP contribution in [-0.4, -0.2) is 21.7 Å². The molecule has 0 fully saturated rings. The van der Waals surface area contributed by atoms with E-state index in [1.165, 1.54) is 24.8 Å². The molecule has 0 aliphatic heterocycles. The van der Waals surface area contributed by atoms with Crippen molar-refractivity contribution in [2.45, 2.75) is 19.4 Å². The summed E-state index contributed by atoms with van der Waals surface area (Å²) in [4.78, 5) is 0. The molecule has 30 heavy (non-hydrogen) atoms. The van der Waals surface area contributed by atoms with Crippen molar-refractivity contribution in [1.82, 2.24) is 0 Å². The normalized spacial score (nSPS) is 10.7. The van der Waals surface area contributed by atoms with Crippen LogP contribution < -0.4 is 0 Å².